The average Bonchev–Trinajstić information content (AvgIpc) is 2.54. The fraction of sp³-hybridized carbons (Fsp3) is 0.556. The van der Waals surface area contributed by atoms with E-state index >= 15 is 0 Å². The first-order valence-corrected chi connectivity index (χ1v) is 8.43. The fourth-order valence-corrected chi connectivity index (χ4v) is 3.26. The van der Waals surface area contributed by atoms with Crippen molar-refractivity contribution in [1.29, 1.82) is 0 Å². The van der Waals surface area contributed by atoms with Crippen molar-refractivity contribution in [1.82, 2.24) is 14.9 Å². The van der Waals surface area contributed by atoms with Gasteiger partial charge in [0.1, 0.15) is 5.82 Å². The minimum Gasteiger partial charge on any atom is -0.375 e. The smallest absolute Gasteiger partial charge is 0.258 e. The molecular formula is C18H25N3O2. The first kappa shape index (κ1) is 16.1. The predicted molar refractivity (Wildman–Crippen MR) is 91.6 cm³/mol. The van der Waals surface area contributed by atoms with Crippen LogP contribution in [-0.2, 0) is 4.74 Å². The molecule has 2 heterocycles. The molecule has 124 valence electrons. The molecule has 2 aromatic rings. The summed E-state index contributed by atoms with van der Waals surface area (Å²) in [6.07, 6.45) is 2.69. The Kier molecular flexibility index (Phi) is 4.78. The number of ether oxygens (including phenoxy) is 1. The molecule has 1 aromatic carbocycles. The molecule has 1 N–H and O–H groups in total. The lowest BCUT2D eigenvalue weighted by molar-refractivity contribution is -0.0328. The van der Waals surface area contributed by atoms with Gasteiger partial charge in [0, 0.05) is 13.1 Å². The lowest BCUT2D eigenvalue weighted by Crippen LogP contribution is -2.40. The molecule has 0 radical (unpaired) electrons. The van der Waals surface area contributed by atoms with E-state index in [-0.39, 0.29) is 17.7 Å². The maximum absolute atomic E-state index is 12.2. The normalized spacial score (nSPS) is 18.6. The monoisotopic (exact) mass is 315 g/mol. The third kappa shape index (κ3) is 3.62. The van der Waals surface area contributed by atoms with E-state index in [1.807, 2.05) is 24.3 Å². The van der Waals surface area contributed by atoms with E-state index < -0.39 is 0 Å². The summed E-state index contributed by atoms with van der Waals surface area (Å²) in [6, 6.07) is 7.58. The molecule has 0 spiro atoms. The Hall–Kier alpha value is -1.72. The first-order chi connectivity index (χ1) is 11.0. The zero-order chi connectivity index (χ0) is 16.4. The second kappa shape index (κ2) is 6.81. The maximum Gasteiger partial charge on any atom is 0.258 e. The van der Waals surface area contributed by atoms with Crippen LogP contribution in [-0.4, -0.2) is 40.2 Å². The number of aromatic nitrogens is 2. The molecule has 1 aliphatic heterocycles. The van der Waals surface area contributed by atoms with Crippen molar-refractivity contribution < 1.29 is 4.74 Å². The molecular weight excluding hydrogens is 290 g/mol. The van der Waals surface area contributed by atoms with Crippen LogP contribution >= 0.6 is 0 Å². The van der Waals surface area contributed by atoms with Crippen molar-refractivity contribution >= 4 is 10.9 Å². The summed E-state index contributed by atoms with van der Waals surface area (Å²) in [5, 5.41) is 0.646. The number of benzene rings is 1. The summed E-state index contributed by atoms with van der Waals surface area (Å²) in [7, 11) is 0. The summed E-state index contributed by atoms with van der Waals surface area (Å²) < 4.78 is 5.90. The van der Waals surface area contributed by atoms with Gasteiger partial charge in [-0.2, -0.15) is 0 Å². The van der Waals surface area contributed by atoms with Crippen molar-refractivity contribution in [2.75, 3.05) is 13.1 Å². The molecule has 0 aliphatic carbocycles. The number of likely N-dealkylation sites (tertiary alicyclic amines) is 1. The minimum absolute atomic E-state index is 0.0597. The number of para-hydroxylation sites is 1. The Morgan fingerprint density at radius 3 is 2.61 bits per heavy atom. The van der Waals surface area contributed by atoms with E-state index in [0.717, 1.165) is 37.3 Å². The zero-order valence-electron chi connectivity index (χ0n) is 14.1. The molecule has 1 atom stereocenters. The molecule has 5 heteroatoms. The lowest BCUT2D eigenvalue weighted by Gasteiger charge is -2.36. The molecule has 1 aromatic heterocycles. The van der Waals surface area contributed by atoms with E-state index in [9.17, 15) is 4.79 Å². The predicted octanol–water partition coefficient (Wildman–Crippen LogP) is 2.87. The number of fused-ring (bicyclic) bond motifs is 1. The highest BCUT2D eigenvalue weighted by molar-refractivity contribution is 5.77. The molecule has 1 aliphatic rings. The largest absolute Gasteiger partial charge is 0.375 e. The van der Waals surface area contributed by atoms with Gasteiger partial charge < -0.3 is 9.72 Å². The van der Waals surface area contributed by atoms with Crippen molar-refractivity contribution in [2.45, 2.75) is 51.9 Å². The van der Waals surface area contributed by atoms with Crippen LogP contribution in [0.1, 0.15) is 45.5 Å². The van der Waals surface area contributed by atoms with Gasteiger partial charge in [0.25, 0.3) is 5.56 Å². The number of H-pyrrole nitrogens is 1. The van der Waals surface area contributed by atoms with Crippen LogP contribution in [0.3, 0.4) is 0 Å². The highest BCUT2D eigenvalue weighted by atomic mass is 16.5. The third-order valence-electron chi connectivity index (χ3n) is 4.52. The quantitative estimate of drug-likeness (QED) is 0.942. The van der Waals surface area contributed by atoms with Gasteiger partial charge in [0.2, 0.25) is 0 Å². The van der Waals surface area contributed by atoms with Crippen molar-refractivity contribution in [3.8, 4) is 0 Å². The van der Waals surface area contributed by atoms with Gasteiger partial charge in [0.15, 0.2) is 0 Å². The lowest BCUT2D eigenvalue weighted by atomic mass is 10.1. The second-order valence-electron chi connectivity index (χ2n) is 6.56. The number of nitrogens with one attached hydrogen (secondary N) is 1. The highest BCUT2D eigenvalue weighted by Gasteiger charge is 2.25. The highest BCUT2D eigenvalue weighted by Crippen LogP contribution is 2.24. The van der Waals surface area contributed by atoms with Crippen LogP contribution in [0.2, 0.25) is 0 Å². The van der Waals surface area contributed by atoms with Crippen LogP contribution in [0.5, 0.6) is 0 Å². The standard InChI is InChI=1S/C18H25N3O2/c1-12(2)23-14-8-10-21(11-9-14)13(3)17-19-16-7-5-4-6-15(16)18(22)20-17/h4-7,12-14H,8-11H2,1-3H3,(H,19,20,22)/t13-/m1/s1. The SMILES string of the molecule is CC(C)OC1CCN([C@H](C)c2nc3ccccc3c(=O)[nH]2)CC1. The summed E-state index contributed by atoms with van der Waals surface area (Å²) in [5.41, 5.74) is 0.701. The van der Waals surface area contributed by atoms with Crippen LogP contribution < -0.4 is 5.56 Å². The van der Waals surface area contributed by atoms with Crippen molar-refractivity contribution in [3.05, 3.63) is 40.4 Å². The summed E-state index contributed by atoms with van der Waals surface area (Å²) in [5.74, 6) is 0.747. The molecule has 1 fully saturated rings. The van der Waals surface area contributed by atoms with E-state index in [1.165, 1.54) is 0 Å². The molecule has 0 unspecified atom stereocenters. The molecule has 23 heavy (non-hydrogen) atoms. The van der Waals surface area contributed by atoms with Crippen LogP contribution in [0.15, 0.2) is 29.1 Å². The maximum atomic E-state index is 12.2. The molecule has 5 nitrogen and oxygen atoms in total. The van der Waals surface area contributed by atoms with Crippen molar-refractivity contribution in [2.24, 2.45) is 0 Å². The Morgan fingerprint density at radius 2 is 1.91 bits per heavy atom. The van der Waals surface area contributed by atoms with Crippen LogP contribution in [0.25, 0.3) is 10.9 Å². The minimum atomic E-state index is -0.0597. The number of nitrogens with zero attached hydrogens (tertiary/aromatic N) is 2. The van der Waals surface area contributed by atoms with Crippen LogP contribution in [0.4, 0.5) is 0 Å². The summed E-state index contributed by atoms with van der Waals surface area (Å²) in [4.78, 5) is 22.2. The number of rotatable bonds is 4. The zero-order valence-corrected chi connectivity index (χ0v) is 14.1. The summed E-state index contributed by atoms with van der Waals surface area (Å²) >= 11 is 0. The van der Waals surface area contributed by atoms with E-state index in [2.05, 4.69) is 35.6 Å². The fourth-order valence-electron chi connectivity index (χ4n) is 3.26. The van der Waals surface area contributed by atoms with Gasteiger partial charge >= 0.3 is 0 Å². The Bertz CT molecular complexity index is 718. The Morgan fingerprint density at radius 1 is 1.22 bits per heavy atom. The molecule has 0 amide bonds. The molecule has 1 saturated heterocycles. The van der Waals surface area contributed by atoms with Gasteiger partial charge in [0.05, 0.1) is 29.2 Å². The topological polar surface area (TPSA) is 58.2 Å². The first-order valence-electron chi connectivity index (χ1n) is 8.43. The third-order valence-corrected chi connectivity index (χ3v) is 4.52. The molecule has 0 bridgehead atoms. The average molecular weight is 315 g/mol. The van der Waals surface area contributed by atoms with Crippen LogP contribution in [0, 0.1) is 0 Å². The van der Waals surface area contributed by atoms with Gasteiger partial charge in [-0.15, -0.1) is 0 Å². The van der Waals surface area contributed by atoms with Gasteiger partial charge in [-0.1, -0.05) is 12.1 Å². The Balaban J connectivity index is 1.74. The summed E-state index contributed by atoms with van der Waals surface area (Å²) in [6.45, 7) is 8.21. The molecule has 0 saturated carbocycles. The Labute approximate surface area is 136 Å². The van der Waals surface area contributed by atoms with Gasteiger partial charge in [-0.25, -0.2) is 4.98 Å². The van der Waals surface area contributed by atoms with Gasteiger partial charge in [-0.3, -0.25) is 9.69 Å². The molecule has 3 rings (SSSR count). The van der Waals surface area contributed by atoms with E-state index in [0.29, 0.717) is 11.5 Å². The van der Waals surface area contributed by atoms with Gasteiger partial charge in [-0.05, 0) is 45.7 Å². The number of piperidine rings is 1. The number of hydrogen-bond acceptors (Lipinski definition) is 4. The van der Waals surface area contributed by atoms with E-state index in [1.54, 1.807) is 0 Å². The second-order valence-corrected chi connectivity index (χ2v) is 6.56. The number of hydrogen-bond donors (Lipinski definition) is 1. The van der Waals surface area contributed by atoms with E-state index in [4.69, 9.17) is 4.74 Å². The van der Waals surface area contributed by atoms with Crippen molar-refractivity contribution in [3.63, 3.8) is 0 Å². The number of aromatic amines is 1.